The topological polar surface area (TPSA) is 72.0 Å². The molecule has 0 aliphatic carbocycles. The van der Waals surface area contributed by atoms with Gasteiger partial charge in [-0.15, -0.1) is 0 Å². The van der Waals surface area contributed by atoms with Crippen molar-refractivity contribution in [1.82, 2.24) is 9.97 Å². The van der Waals surface area contributed by atoms with Crippen LogP contribution in [0.1, 0.15) is 5.56 Å². The number of benzene rings is 1. The van der Waals surface area contributed by atoms with Gasteiger partial charge in [-0.2, -0.15) is 13.2 Å². The fourth-order valence-electron chi connectivity index (χ4n) is 1.52. The maximum Gasteiger partial charge on any atom is 0.416 e. The Morgan fingerprint density at radius 3 is 2.23 bits per heavy atom. The Morgan fingerprint density at radius 2 is 1.73 bits per heavy atom. The zero-order valence-corrected chi connectivity index (χ0v) is 12.6. The average molecular weight is 352 g/mol. The minimum absolute atomic E-state index is 0.0557. The molecular formula is C12H9ClF3N3O2S. The first-order valence-electron chi connectivity index (χ1n) is 5.74. The van der Waals surface area contributed by atoms with Crippen molar-refractivity contribution < 1.29 is 21.6 Å². The molecule has 0 aliphatic heterocycles. The van der Waals surface area contributed by atoms with E-state index in [4.69, 9.17) is 11.6 Å². The molecule has 1 N–H and O–H groups in total. The molecule has 0 spiro atoms. The van der Waals surface area contributed by atoms with Crippen LogP contribution in [0.5, 0.6) is 0 Å². The van der Waals surface area contributed by atoms with Gasteiger partial charge in [0.05, 0.1) is 5.56 Å². The summed E-state index contributed by atoms with van der Waals surface area (Å²) in [6.07, 6.45) is -3.51. The standard InChI is InChI=1S/C12H9ClF3N3O2S/c1-22(20,21)11-18-9(13)6-10(19-11)17-8-4-2-7(3-5-8)12(14,15)16/h2-6H,1H3,(H,17,18,19). The lowest BCUT2D eigenvalue weighted by molar-refractivity contribution is -0.137. The number of hydrogen-bond acceptors (Lipinski definition) is 5. The van der Waals surface area contributed by atoms with Crippen molar-refractivity contribution in [3.8, 4) is 0 Å². The molecule has 0 saturated heterocycles. The van der Waals surface area contributed by atoms with Gasteiger partial charge in [0.15, 0.2) is 0 Å². The summed E-state index contributed by atoms with van der Waals surface area (Å²) < 4.78 is 60.2. The monoisotopic (exact) mass is 351 g/mol. The molecule has 118 valence electrons. The van der Waals surface area contributed by atoms with Crippen LogP contribution in [0.2, 0.25) is 5.15 Å². The Balaban J connectivity index is 2.30. The first-order valence-corrected chi connectivity index (χ1v) is 8.01. The molecule has 10 heteroatoms. The van der Waals surface area contributed by atoms with Crippen molar-refractivity contribution in [2.75, 3.05) is 11.6 Å². The summed E-state index contributed by atoms with van der Waals surface area (Å²) >= 11 is 5.70. The highest BCUT2D eigenvalue weighted by Gasteiger charge is 2.29. The zero-order chi connectivity index (χ0) is 16.5. The van der Waals surface area contributed by atoms with E-state index < -0.39 is 26.7 Å². The number of halogens is 4. The molecule has 0 atom stereocenters. The summed E-state index contributed by atoms with van der Waals surface area (Å²) in [7, 11) is -3.66. The summed E-state index contributed by atoms with van der Waals surface area (Å²) in [5, 5.41) is 2.08. The second-order valence-electron chi connectivity index (χ2n) is 4.33. The average Bonchev–Trinajstić information content (AvgIpc) is 2.36. The van der Waals surface area contributed by atoms with E-state index in [-0.39, 0.29) is 11.0 Å². The molecule has 1 aromatic carbocycles. The Kier molecular flexibility index (Phi) is 4.30. The van der Waals surface area contributed by atoms with Crippen molar-refractivity contribution in [2.45, 2.75) is 11.3 Å². The number of nitrogens with zero attached hydrogens (tertiary/aromatic N) is 2. The molecule has 0 amide bonds. The van der Waals surface area contributed by atoms with Crippen molar-refractivity contribution in [1.29, 1.82) is 0 Å². The Bertz CT molecular complexity index is 792. The molecule has 0 aliphatic rings. The van der Waals surface area contributed by atoms with Crippen LogP contribution in [-0.2, 0) is 16.0 Å². The number of hydrogen-bond donors (Lipinski definition) is 1. The Hall–Kier alpha value is -1.87. The minimum Gasteiger partial charge on any atom is -0.340 e. The fourth-order valence-corrected chi connectivity index (χ4v) is 2.28. The Labute approximate surface area is 129 Å². The zero-order valence-electron chi connectivity index (χ0n) is 11.0. The minimum atomic E-state index is -4.43. The maximum absolute atomic E-state index is 12.5. The summed E-state index contributed by atoms with van der Waals surface area (Å²) in [4.78, 5) is 7.33. The molecule has 5 nitrogen and oxygen atoms in total. The number of alkyl halides is 3. The lowest BCUT2D eigenvalue weighted by Gasteiger charge is -2.09. The van der Waals surface area contributed by atoms with Gasteiger partial charge in [-0.3, -0.25) is 0 Å². The van der Waals surface area contributed by atoms with E-state index in [1.807, 2.05) is 0 Å². The van der Waals surface area contributed by atoms with Crippen LogP contribution in [0.15, 0.2) is 35.5 Å². The molecule has 2 rings (SSSR count). The maximum atomic E-state index is 12.5. The molecule has 0 radical (unpaired) electrons. The van der Waals surface area contributed by atoms with Crippen molar-refractivity contribution in [2.24, 2.45) is 0 Å². The fraction of sp³-hybridized carbons (Fsp3) is 0.167. The smallest absolute Gasteiger partial charge is 0.340 e. The molecule has 22 heavy (non-hydrogen) atoms. The second kappa shape index (κ2) is 5.73. The highest BCUT2D eigenvalue weighted by Crippen LogP contribution is 2.30. The van der Waals surface area contributed by atoms with E-state index >= 15 is 0 Å². The molecule has 0 fully saturated rings. The van der Waals surface area contributed by atoms with E-state index in [1.165, 1.54) is 18.2 Å². The number of rotatable bonds is 3. The van der Waals surface area contributed by atoms with E-state index in [0.717, 1.165) is 18.4 Å². The van der Waals surface area contributed by atoms with Gasteiger partial charge in [0.2, 0.25) is 15.0 Å². The number of sulfone groups is 1. The molecular weight excluding hydrogens is 343 g/mol. The summed E-state index contributed by atoms with van der Waals surface area (Å²) in [5.74, 6) is 0.0557. The van der Waals surface area contributed by atoms with Crippen molar-refractivity contribution >= 4 is 32.9 Å². The molecule has 0 bridgehead atoms. The quantitative estimate of drug-likeness (QED) is 0.678. The van der Waals surface area contributed by atoms with Crippen LogP contribution < -0.4 is 5.32 Å². The lowest BCUT2D eigenvalue weighted by atomic mass is 10.2. The first kappa shape index (κ1) is 16.5. The SMILES string of the molecule is CS(=O)(=O)c1nc(Cl)cc(Nc2ccc(C(F)(F)F)cc2)n1. The molecule has 2 aromatic rings. The predicted molar refractivity (Wildman–Crippen MR) is 74.9 cm³/mol. The van der Waals surface area contributed by atoms with Gasteiger partial charge in [-0.05, 0) is 24.3 Å². The van der Waals surface area contributed by atoms with Gasteiger partial charge in [0.25, 0.3) is 0 Å². The third-order valence-corrected chi connectivity index (χ3v) is 3.53. The van der Waals surface area contributed by atoms with Crippen LogP contribution in [0, 0.1) is 0 Å². The largest absolute Gasteiger partial charge is 0.416 e. The number of anilines is 2. The van der Waals surface area contributed by atoms with Crippen LogP contribution in [0.3, 0.4) is 0 Å². The van der Waals surface area contributed by atoms with E-state index in [0.29, 0.717) is 5.69 Å². The summed E-state index contributed by atoms with van der Waals surface area (Å²) in [6, 6.07) is 5.43. The van der Waals surface area contributed by atoms with Crippen LogP contribution in [-0.4, -0.2) is 24.6 Å². The van der Waals surface area contributed by atoms with Crippen LogP contribution >= 0.6 is 11.6 Å². The number of nitrogens with one attached hydrogen (secondary N) is 1. The molecule has 1 aromatic heterocycles. The van der Waals surface area contributed by atoms with Gasteiger partial charge in [-0.1, -0.05) is 11.6 Å². The Morgan fingerprint density at radius 1 is 1.14 bits per heavy atom. The van der Waals surface area contributed by atoms with E-state index in [1.54, 1.807) is 0 Å². The highest BCUT2D eigenvalue weighted by molar-refractivity contribution is 7.90. The van der Waals surface area contributed by atoms with Gasteiger partial charge < -0.3 is 5.32 Å². The molecule has 0 saturated carbocycles. The molecule has 0 unspecified atom stereocenters. The van der Waals surface area contributed by atoms with E-state index in [2.05, 4.69) is 15.3 Å². The second-order valence-corrected chi connectivity index (χ2v) is 6.63. The third kappa shape index (κ3) is 4.08. The van der Waals surface area contributed by atoms with Crippen molar-refractivity contribution in [3.63, 3.8) is 0 Å². The van der Waals surface area contributed by atoms with Gasteiger partial charge in [0.1, 0.15) is 11.0 Å². The van der Waals surface area contributed by atoms with Gasteiger partial charge in [0, 0.05) is 18.0 Å². The molecule has 1 heterocycles. The summed E-state index contributed by atoms with van der Waals surface area (Å²) in [6.45, 7) is 0. The van der Waals surface area contributed by atoms with Crippen molar-refractivity contribution in [3.05, 3.63) is 41.0 Å². The van der Waals surface area contributed by atoms with Gasteiger partial charge >= 0.3 is 6.18 Å². The van der Waals surface area contributed by atoms with Gasteiger partial charge in [-0.25, -0.2) is 18.4 Å². The first-order chi connectivity index (χ1) is 10.1. The third-order valence-electron chi connectivity index (χ3n) is 2.49. The van der Waals surface area contributed by atoms with Crippen LogP contribution in [0.25, 0.3) is 0 Å². The normalized spacial score (nSPS) is 12.2. The lowest BCUT2D eigenvalue weighted by Crippen LogP contribution is -2.07. The summed E-state index contributed by atoms with van der Waals surface area (Å²) in [5.41, 5.74) is -0.502. The number of aromatic nitrogens is 2. The highest BCUT2D eigenvalue weighted by atomic mass is 35.5. The van der Waals surface area contributed by atoms with Crippen LogP contribution in [0.4, 0.5) is 24.7 Å². The van der Waals surface area contributed by atoms with E-state index in [9.17, 15) is 21.6 Å². The predicted octanol–water partition coefficient (Wildman–Crippen LogP) is 3.30.